The summed E-state index contributed by atoms with van der Waals surface area (Å²) in [5.41, 5.74) is 4.16. The smallest absolute Gasteiger partial charge is 0.223 e. The molecule has 0 spiro atoms. The van der Waals surface area contributed by atoms with Gasteiger partial charge in [0.25, 0.3) is 0 Å². The molecule has 29 heavy (non-hydrogen) atoms. The van der Waals surface area contributed by atoms with E-state index >= 15 is 0 Å². The van der Waals surface area contributed by atoms with Gasteiger partial charge in [-0.05, 0) is 50.2 Å². The first kappa shape index (κ1) is 21.0. The second-order valence-corrected chi connectivity index (χ2v) is 8.09. The summed E-state index contributed by atoms with van der Waals surface area (Å²) >= 11 is 1.68. The Hall–Kier alpha value is -2.73. The van der Waals surface area contributed by atoms with Crippen LogP contribution in [0.5, 0.6) is 5.75 Å². The molecular formula is C23H27N3O2S. The third-order valence-electron chi connectivity index (χ3n) is 4.91. The monoisotopic (exact) mass is 409 g/mol. The highest BCUT2D eigenvalue weighted by Crippen LogP contribution is 2.23. The second kappa shape index (κ2) is 9.65. The van der Waals surface area contributed by atoms with Crippen molar-refractivity contribution in [3.05, 3.63) is 71.5 Å². The lowest BCUT2D eigenvalue weighted by atomic mass is 10.2. The van der Waals surface area contributed by atoms with Gasteiger partial charge in [0.1, 0.15) is 5.75 Å². The van der Waals surface area contributed by atoms with E-state index in [1.165, 1.54) is 0 Å². The fourth-order valence-electron chi connectivity index (χ4n) is 3.17. The molecule has 152 valence electrons. The van der Waals surface area contributed by atoms with Crippen LogP contribution in [0.1, 0.15) is 23.4 Å². The molecule has 0 bridgehead atoms. The summed E-state index contributed by atoms with van der Waals surface area (Å²) in [4.78, 5) is 15.5. The minimum Gasteiger partial charge on any atom is -0.497 e. The van der Waals surface area contributed by atoms with Crippen molar-refractivity contribution in [2.24, 2.45) is 0 Å². The predicted octanol–water partition coefficient (Wildman–Crippen LogP) is 4.64. The van der Waals surface area contributed by atoms with E-state index in [4.69, 9.17) is 4.74 Å². The molecular weight excluding hydrogens is 382 g/mol. The Kier molecular flexibility index (Phi) is 6.99. The van der Waals surface area contributed by atoms with Gasteiger partial charge in [0.2, 0.25) is 5.91 Å². The molecule has 1 heterocycles. The zero-order valence-electron chi connectivity index (χ0n) is 17.4. The lowest BCUT2D eigenvalue weighted by Crippen LogP contribution is -2.27. The molecule has 0 aliphatic rings. The van der Waals surface area contributed by atoms with E-state index in [0.29, 0.717) is 13.0 Å². The van der Waals surface area contributed by atoms with E-state index in [0.717, 1.165) is 39.0 Å². The Morgan fingerprint density at radius 3 is 2.45 bits per heavy atom. The second-order valence-electron chi connectivity index (χ2n) is 6.92. The standard InChI is InChI=1S/C23H27N3O2S/c1-17-22(18(2)26(24-17)19-8-6-5-7-9-19)16-25(3)23(27)14-15-29-21-12-10-20(28-4)11-13-21/h5-13H,14-16H2,1-4H3. The zero-order chi connectivity index (χ0) is 20.8. The van der Waals surface area contributed by atoms with Crippen molar-refractivity contribution in [3.8, 4) is 11.4 Å². The van der Waals surface area contributed by atoms with Crippen LogP contribution in [0.3, 0.4) is 0 Å². The number of methoxy groups -OCH3 is 1. The van der Waals surface area contributed by atoms with Crippen LogP contribution in [0.4, 0.5) is 0 Å². The first-order chi connectivity index (χ1) is 14.0. The van der Waals surface area contributed by atoms with Gasteiger partial charge in [0.05, 0.1) is 18.5 Å². The van der Waals surface area contributed by atoms with E-state index in [1.807, 2.05) is 73.3 Å². The number of hydrogen-bond donors (Lipinski definition) is 0. The van der Waals surface area contributed by atoms with Gasteiger partial charge in [0, 0.05) is 41.9 Å². The normalized spacial score (nSPS) is 10.8. The molecule has 0 aliphatic heterocycles. The third kappa shape index (κ3) is 5.21. The van der Waals surface area contributed by atoms with Gasteiger partial charge in [-0.3, -0.25) is 4.79 Å². The summed E-state index contributed by atoms with van der Waals surface area (Å²) in [5.74, 6) is 1.72. The van der Waals surface area contributed by atoms with Crippen LogP contribution in [0, 0.1) is 13.8 Å². The molecule has 2 aromatic carbocycles. The van der Waals surface area contributed by atoms with Crippen molar-refractivity contribution < 1.29 is 9.53 Å². The molecule has 1 amide bonds. The van der Waals surface area contributed by atoms with Crippen LogP contribution in [0.2, 0.25) is 0 Å². The Balaban J connectivity index is 1.57. The lowest BCUT2D eigenvalue weighted by Gasteiger charge is -2.17. The molecule has 0 fully saturated rings. The number of thioether (sulfide) groups is 1. The van der Waals surface area contributed by atoms with Gasteiger partial charge in [-0.1, -0.05) is 18.2 Å². The van der Waals surface area contributed by atoms with Gasteiger partial charge in [-0.15, -0.1) is 11.8 Å². The Labute approximate surface area is 176 Å². The van der Waals surface area contributed by atoms with Gasteiger partial charge in [-0.2, -0.15) is 5.10 Å². The first-order valence-electron chi connectivity index (χ1n) is 9.61. The van der Waals surface area contributed by atoms with E-state index in [9.17, 15) is 4.79 Å². The lowest BCUT2D eigenvalue weighted by molar-refractivity contribution is -0.129. The fourth-order valence-corrected chi connectivity index (χ4v) is 4.01. The topological polar surface area (TPSA) is 47.4 Å². The number of aromatic nitrogens is 2. The van der Waals surface area contributed by atoms with Crippen LogP contribution in [0.25, 0.3) is 5.69 Å². The average Bonchev–Trinajstić information content (AvgIpc) is 3.03. The van der Waals surface area contributed by atoms with Gasteiger partial charge < -0.3 is 9.64 Å². The zero-order valence-corrected chi connectivity index (χ0v) is 18.2. The maximum Gasteiger partial charge on any atom is 0.223 e. The van der Waals surface area contributed by atoms with Crippen LogP contribution in [-0.4, -0.2) is 40.5 Å². The molecule has 0 radical (unpaired) electrons. The molecule has 0 N–H and O–H groups in total. The molecule has 0 aliphatic carbocycles. The summed E-state index contributed by atoms with van der Waals surface area (Å²) in [6.45, 7) is 4.62. The number of carbonyl (C=O) groups excluding carboxylic acids is 1. The number of benzene rings is 2. The van der Waals surface area contributed by atoms with Gasteiger partial charge in [-0.25, -0.2) is 4.68 Å². The molecule has 0 saturated carbocycles. The Bertz CT molecular complexity index is 952. The molecule has 6 heteroatoms. The van der Waals surface area contributed by atoms with Gasteiger partial charge in [0.15, 0.2) is 0 Å². The summed E-state index contributed by atoms with van der Waals surface area (Å²) in [5, 5.41) is 4.67. The van der Waals surface area contributed by atoms with Crippen molar-refractivity contribution in [3.63, 3.8) is 0 Å². The highest BCUT2D eigenvalue weighted by Gasteiger charge is 2.17. The number of rotatable bonds is 8. The van der Waals surface area contributed by atoms with Crippen LogP contribution < -0.4 is 4.74 Å². The molecule has 3 aromatic rings. The van der Waals surface area contributed by atoms with Crippen LogP contribution in [-0.2, 0) is 11.3 Å². The fraction of sp³-hybridized carbons (Fsp3) is 0.304. The minimum absolute atomic E-state index is 0.136. The highest BCUT2D eigenvalue weighted by molar-refractivity contribution is 7.99. The molecule has 5 nitrogen and oxygen atoms in total. The van der Waals surface area contributed by atoms with Crippen molar-refractivity contribution in [2.45, 2.75) is 31.7 Å². The SMILES string of the molecule is COc1ccc(SCCC(=O)N(C)Cc2c(C)nn(-c3ccccc3)c2C)cc1. The highest BCUT2D eigenvalue weighted by atomic mass is 32.2. The summed E-state index contributed by atoms with van der Waals surface area (Å²) in [6.07, 6.45) is 0.498. The summed E-state index contributed by atoms with van der Waals surface area (Å²) < 4.78 is 7.12. The summed E-state index contributed by atoms with van der Waals surface area (Å²) in [6, 6.07) is 18.0. The number of carbonyl (C=O) groups is 1. The summed E-state index contributed by atoms with van der Waals surface area (Å²) in [7, 11) is 3.52. The van der Waals surface area contributed by atoms with E-state index in [1.54, 1.807) is 23.8 Å². The maximum absolute atomic E-state index is 12.6. The predicted molar refractivity (Wildman–Crippen MR) is 118 cm³/mol. The third-order valence-corrected chi connectivity index (χ3v) is 5.92. The van der Waals surface area contributed by atoms with E-state index in [2.05, 4.69) is 12.0 Å². The number of hydrogen-bond acceptors (Lipinski definition) is 4. The molecule has 0 unspecified atom stereocenters. The van der Waals surface area contributed by atoms with E-state index in [-0.39, 0.29) is 5.91 Å². The largest absolute Gasteiger partial charge is 0.497 e. The molecule has 0 saturated heterocycles. The minimum atomic E-state index is 0.136. The Morgan fingerprint density at radius 1 is 1.10 bits per heavy atom. The number of para-hydroxylation sites is 1. The Morgan fingerprint density at radius 2 is 1.79 bits per heavy atom. The van der Waals surface area contributed by atoms with Crippen molar-refractivity contribution in [1.82, 2.24) is 14.7 Å². The average molecular weight is 410 g/mol. The quantitative estimate of drug-likeness (QED) is 0.509. The molecule has 3 rings (SSSR count). The van der Waals surface area contributed by atoms with E-state index < -0.39 is 0 Å². The van der Waals surface area contributed by atoms with Crippen molar-refractivity contribution in [2.75, 3.05) is 19.9 Å². The number of nitrogens with zero attached hydrogens (tertiary/aromatic N) is 3. The van der Waals surface area contributed by atoms with Crippen LogP contribution in [0.15, 0.2) is 59.5 Å². The van der Waals surface area contributed by atoms with Crippen molar-refractivity contribution in [1.29, 1.82) is 0 Å². The maximum atomic E-state index is 12.6. The van der Waals surface area contributed by atoms with Crippen LogP contribution >= 0.6 is 11.8 Å². The number of aryl methyl sites for hydroxylation is 1. The first-order valence-corrected chi connectivity index (χ1v) is 10.6. The van der Waals surface area contributed by atoms with Crippen molar-refractivity contribution >= 4 is 17.7 Å². The molecule has 1 aromatic heterocycles. The molecule has 0 atom stereocenters. The number of ether oxygens (including phenoxy) is 1. The van der Waals surface area contributed by atoms with Gasteiger partial charge >= 0.3 is 0 Å². The number of amides is 1.